The SMILES string of the molecule is O=S1CCN(Cc2cc(F)cc(C#CCCO)c2)CC1. The zero-order valence-corrected chi connectivity index (χ0v) is 12.1. The maximum Gasteiger partial charge on any atom is 0.124 e. The highest BCUT2D eigenvalue weighted by Gasteiger charge is 2.15. The van der Waals surface area contributed by atoms with Gasteiger partial charge in [0.25, 0.3) is 0 Å². The van der Waals surface area contributed by atoms with Gasteiger partial charge in [-0.2, -0.15) is 0 Å². The molecule has 3 nitrogen and oxygen atoms in total. The lowest BCUT2D eigenvalue weighted by Crippen LogP contribution is -2.37. The van der Waals surface area contributed by atoms with E-state index in [1.54, 1.807) is 0 Å². The fraction of sp³-hybridized carbons (Fsp3) is 0.467. The van der Waals surface area contributed by atoms with Crippen LogP contribution in [0.4, 0.5) is 4.39 Å². The molecule has 2 rings (SSSR count). The van der Waals surface area contributed by atoms with Gasteiger partial charge in [-0.1, -0.05) is 11.8 Å². The van der Waals surface area contributed by atoms with Crippen LogP contribution in [0.3, 0.4) is 0 Å². The predicted octanol–water partition coefficient (Wildman–Crippen LogP) is 1.12. The molecule has 0 unspecified atom stereocenters. The Morgan fingerprint density at radius 3 is 2.75 bits per heavy atom. The fourth-order valence-corrected chi connectivity index (χ4v) is 3.25. The highest BCUT2D eigenvalue weighted by atomic mass is 32.2. The summed E-state index contributed by atoms with van der Waals surface area (Å²) < 4.78 is 24.9. The first-order valence-corrected chi connectivity index (χ1v) is 8.13. The van der Waals surface area contributed by atoms with Gasteiger partial charge in [0.15, 0.2) is 0 Å². The van der Waals surface area contributed by atoms with E-state index >= 15 is 0 Å². The Labute approximate surface area is 121 Å². The average molecular weight is 295 g/mol. The molecule has 1 aliphatic heterocycles. The van der Waals surface area contributed by atoms with Crippen molar-refractivity contribution in [1.82, 2.24) is 4.90 Å². The number of rotatable bonds is 3. The molecule has 0 amide bonds. The normalized spacial score (nSPS) is 16.7. The second-order valence-corrected chi connectivity index (χ2v) is 6.44. The topological polar surface area (TPSA) is 40.5 Å². The highest BCUT2D eigenvalue weighted by Crippen LogP contribution is 2.12. The molecule has 0 spiro atoms. The van der Waals surface area contributed by atoms with Crippen LogP contribution in [0, 0.1) is 17.7 Å². The van der Waals surface area contributed by atoms with Crippen molar-refractivity contribution in [2.75, 3.05) is 31.2 Å². The highest BCUT2D eigenvalue weighted by molar-refractivity contribution is 7.85. The van der Waals surface area contributed by atoms with Crippen LogP contribution >= 0.6 is 0 Å². The van der Waals surface area contributed by atoms with Gasteiger partial charge in [-0.05, 0) is 23.8 Å². The van der Waals surface area contributed by atoms with Gasteiger partial charge in [0.1, 0.15) is 5.82 Å². The summed E-state index contributed by atoms with van der Waals surface area (Å²) in [5.41, 5.74) is 1.51. The third kappa shape index (κ3) is 4.71. The van der Waals surface area contributed by atoms with Crippen LogP contribution in [0.1, 0.15) is 17.5 Å². The molecule has 0 atom stereocenters. The molecule has 0 radical (unpaired) electrons. The molecule has 1 aliphatic rings. The molecule has 1 N–H and O–H groups in total. The number of aliphatic hydroxyl groups is 1. The van der Waals surface area contributed by atoms with E-state index in [0.29, 0.717) is 30.0 Å². The third-order valence-electron chi connectivity index (χ3n) is 3.10. The van der Waals surface area contributed by atoms with E-state index in [0.717, 1.165) is 18.7 Å². The largest absolute Gasteiger partial charge is 0.395 e. The van der Waals surface area contributed by atoms with Crippen LogP contribution < -0.4 is 0 Å². The molecule has 5 heteroatoms. The number of benzene rings is 1. The van der Waals surface area contributed by atoms with E-state index in [-0.39, 0.29) is 12.4 Å². The van der Waals surface area contributed by atoms with E-state index in [1.165, 1.54) is 12.1 Å². The summed E-state index contributed by atoms with van der Waals surface area (Å²) in [6, 6.07) is 4.79. The Morgan fingerprint density at radius 2 is 2.05 bits per heavy atom. The van der Waals surface area contributed by atoms with Gasteiger partial charge in [-0.25, -0.2) is 4.39 Å². The molecule has 1 heterocycles. The second-order valence-electron chi connectivity index (χ2n) is 4.75. The van der Waals surface area contributed by atoms with E-state index < -0.39 is 10.8 Å². The van der Waals surface area contributed by atoms with Crippen LogP contribution in [-0.2, 0) is 17.3 Å². The lowest BCUT2D eigenvalue weighted by atomic mass is 10.1. The monoisotopic (exact) mass is 295 g/mol. The number of nitrogens with zero attached hydrogens (tertiary/aromatic N) is 1. The summed E-state index contributed by atoms with van der Waals surface area (Å²) >= 11 is 0. The molecule has 0 aliphatic carbocycles. The Hall–Kier alpha value is -1.22. The molecule has 1 saturated heterocycles. The van der Waals surface area contributed by atoms with Crippen molar-refractivity contribution >= 4 is 10.8 Å². The maximum atomic E-state index is 13.6. The van der Waals surface area contributed by atoms with Gasteiger partial charge < -0.3 is 5.11 Å². The van der Waals surface area contributed by atoms with Crippen molar-refractivity contribution in [3.05, 3.63) is 35.1 Å². The first kappa shape index (κ1) is 15.2. The van der Waals surface area contributed by atoms with Crippen LogP contribution in [0.15, 0.2) is 18.2 Å². The van der Waals surface area contributed by atoms with Crippen LogP contribution in [0.25, 0.3) is 0 Å². The van der Waals surface area contributed by atoms with Gasteiger partial charge in [-0.15, -0.1) is 0 Å². The summed E-state index contributed by atoms with van der Waals surface area (Å²) in [4.78, 5) is 2.18. The zero-order chi connectivity index (χ0) is 14.4. The Morgan fingerprint density at radius 1 is 1.30 bits per heavy atom. The van der Waals surface area contributed by atoms with E-state index in [1.807, 2.05) is 6.07 Å². The van der Waals surface area contributed by atoms with Crippen molar-refractivity contribution in [3.63, 3.8) is 0 Å². The van der Waals surface area contributed by atoms with Crippen molar-refractivity contribution in [1.29, 1.82) is 0 Å². The Bertz CT molecular complexity index is 541. The standard InChI is InChI=1S/C15H18FNO2S/c16-15-10-13(3-1-2-6-18)9-14(11-15)12-17-4-7-20(19)8-5-17/h9-11,18H,2,4-8,12H2. The smallest absolute Gasteiger partial charge is 0.124 e. The summed E-state index contributed by atoms with van der Waals surface area (Å²) in [5.74, 6) is 6.74. The summed E-state index contributed by atoms with van der Waals surface area (Å²) in [7, 11) is -0.695. The van der Waals surface area contributed by atoms with Gasteiger partial charge in [0.2, 0.25) is 0 Å². The Kier molecular flexibility index (Phi) is 5.72. The van der Waals surface area contributed by atoms with Crippen LogP contribution in [0.5, 0.6) is 0 Å². The third-order valence-corrected chi connectivity index (χ3v) is 4.38. The molecule has 20 heavy (non-hydrogen) atoms. The first-order chi connectivity index (χ1) is 9.67. The van der Waals surface area contributed by atoms with Crippen molar-refractivity contribution < 1.29 is 13.7 Å². The van der Waals surface area contributed by atoms with E-state index in [9.17, 15) is 8.60 Å². The first-order valence-electron chi connectivity index (χ1n) is 6.64. The molecule has 1 aromatic carbocycles. The van der Waals surface area contributed by atoms with Crippen LogP contribution in [-0.4, -0.2) is 45.4 Å². The van der Waals surface area contributed by atoms with Crippen molar-refractivity contribution in [2.45, 2.75) is 13.0 Å². The average Bonchev–Trinajstić information content (AvgIpc) is 2.41. The van der Waals surface area contributed by atoms with E-state index in [4.69, 9.17) is 5.11 Å². The van der Waals surface area contributed by atoms with Gasteiger partial charge in [-0.3, -0.25) is 9.11 Å². The molecule has 0 saturated carbocycles. The molecule has 0 bridgehead atoms. The minimum absolute atomic E-state index is 0.0140. The fourth-order valence-electron chi connectivity index (χ4n) is 2.13. The van der Waals surface area contributed by atoms with Gasteiger partial charge in [0.05, 0.1) is 6.61 Å². The predicted molar refractivity (Wildman–Crippen MR) is 78.1 cm³/mol. The number of hydrogen-bond acceptors (Lipinski definition) is 3. The van der Waals surface area contributed by atoms with Crippen molar-refractivity contribution in [2.24, 2.45) is 0 Å². The minimum atomic E-state index is -0.695. The number of aliphatic hydroxyl groups excluding tert-OH is 1. The molecular weight excluding hydrogens is 277 g/mol. The number of hydrogen-bond donors (Lipinski definition) is 1. The summed E-state index contributed by atoms with van der Waals surface area (Å²) in [6.45, 7) is 2.24. The van der Waals surface area contributed by atoms with Gasteiger partial charge >= 0.3 is 0 Å². The molecule has 1 fully saturated rings. The zero-order valence-electron chi connectivity index (χ0n) is 11.3. The Balaban J connectivity index is 2.04. The van der Waals surface area contributed by atoms with Crippen molar-refractivity contribution in [3.8, 4) is 11.8 Å². The van der Waals surface area contributed by atoms with Crippen LogP contribution in [0.2, 0.25) is 0 Å². The molecule has 1 aromatic rings. The minimum Gasteiger partial charge on any atom is -0.395 e. The maximum absolute atomic E-state index is 13.6. The lowest BCUT2D eigenvalue weighted by molar-refractivity contribution is 0.291. The molecular formula is C15H18FNO2S. The molecule has 108 valence electrons. The van der Waals surface area contributed by atoms with E-state index in [2.05, 4.69) is 16.7 Å². The number of halogens is 1. The summed E-state index contributed by atoms with van der Waals surface area (Å²) in [5, 5.41) is 8.68. The molecule has 0 aromatic heterocycles. The summed E-state index contributed by atoms with van der Waals surface area (Å²) in [6.07, 6.45) is 0.393. The van der Waals surface area contributed by atoms with Gasteiger partial charge in [0, 0.05) is 53.9 Å². The lowest BCUT2D eigenvalue weighted by Gasteiger charge is -2.26. The quantitative estimate of drug-likeness (QED) is 0.850. The second kappa shape index (κ2) is 7.53.